The first kappa shape index (κ1) is 11.4. The van der Waals surface area contributed by atoms with Crippen LogP contribution in [0.5, 0.6) is 0 Å². The summed E-state index contributed by atoms with van der Waals surface area (Å²) in [5.41, 5.74) is 7.95. The average Bonchev–Trinajstić information content (AvgIpc) is 2.85. The van der Waals surface area contributed by atoms with Crippen molar-refractivity contribution in [2.75, 3.05) is 0 Å². The third-order valence-electron chi connectivity index (χ3n) is 2.53. The molecule has 2 N–H and O–H groups in total. The Morgan fingerprint density at radius 3 is 2.88 bits per heavy atom. The Morgan fingerprint density at radius 2 is 2.25 bits per heavy atom. The molecule has 2 heterocycles. The second-order valence-electron chi connectivity index (χ2n) is 3.86. The molecule has 0 aliphatic rings. The van der Waals surface area contributed by atoms with Crippen molar-refractivity contribution in [3.63, 3.8) is 0 Å². The number of thiophene rings is 1. The van der Waals surface area contributed by atoms with Gasteiger partial charge in [-0.05, 0) is 25.5 Å². The number of nitrogens with zero attached hydrogens (tertiary/aromatic N) is 2. The second-order valence-corrected chi connectivity index (χ2v) is 5.03. The molecule has 0 atom stereocenters. The highest BCUT2D eigenvalue weighted by Gasteiger charge is 2.09. The van der Waals surface area contributed by atoms with E-state index in [2.05, 4.69) is 37.3 Å². The second kappa shape index (κ2) is 4.80. The standard InChI is InChI=1S/C12H17N3S/c1-3-6-15-8-11(9(2)14-15)12-5-4-10(7-13)16-12/h4-5,8H,3,6-7,13H2,1-2H3. The zero-order valence-electron chi connectivity index (χ0n) is 9.73. The first-order valence-corrected chi connectivity index (χ1v) is 6.39. The summed E-state index contributed by atoms with van der Waals surface area (Å²) < 4.78 is 2.02. The molecule has 2 rings (SSSR count). The fraction of sp³-hybridized carbons (Fsp3) is 0.417. The number of aryl methyl sites for hydroxylation is 2. The van der Waals surface area contributed by atoms with E-state index in [0.717, 1.165) is 18.7 Å². The summed E-state index contributed by atoms with van der Waals surface area (Å²) in [5, 5.41) is 4.50. The molecule has 0 unspecified atom stereocenters. The van der Waals surface area contributed by atoms with Crippen molar-refractivity contribution in [2.45, 2.75) is 33.4 Å². The van der Waals surface area contributed by atoms with Crippen molar-refractivity contribution in [1.29, 1.82) is 0 Å². The van der Waals surface area contributed by atoms with Crippen molar-refractivity contribution in [1.82, 2.24) is 9.78 Å². The molecule has 2 aromatic heterocycles. The van der Waals surface area contributed by atoms with Gasteiger partial charge in [0.15, 0.2) is 0 Å². The van der Waals surface area contributed by atoms with Crippen LogP contribution in [0.4, 0.5) is 0 Å². The minimum Gasteiger partial charge on any atom is -0.326 e. The van der Waals surface area contributed by atoms with Crippen LogP contribution in [-0.4, -0.2) is 9.78 Å². The molecule has 86 valence electrons. The topological polar surface area (TPSA) is 43.8 Å². The van der Waals surface area contributed by atoms with E-state index in [0.29, 0.717) is 6.54 Å². The van der Waals surface area contributed by atoms with Crippen molar-refractivity contribution in [2.24, 2.45) is 5.73 Å². The van der Waals surface area contributed by atoms with Crippen molar-refractivity contribution in [3.8, 4) is 10.4 Å². The van der Waals surface area contributed by atoms with Gasteiger partial charge in [0.1, 0.15) is 0 Å². The van der Waals surface area contributed by atoms with Gasteiger partial charge in [-0.25, -0.2) is 0 Å². The number of rotatable bonds is 4. The molecule has 0 spiro atoms. The maximum absolute atomic E-state index is 5.62. The normalized spacial score (nSPS) is 10.9. The summed E-state index contributed by atoms with van der Waals surface area (Å²) in [7, 11) is 0. The molecule has 0 radical (unpaired) electrons. The fourth-order valence-corrected chi connectivity index (χ4v) is 2.68. The Hall–Kier alpha value is -1.13. The fourth-order valence-electron chi connectivity index (χ4n) is 1.74. The minimum atomic E-state index is 0.618. The van der Waals surface area contributed by atoms with E-state index >= 15 is 0 Å². The smallest absolute Gasteiger partial charge is 0.0680 e. The van der Waals surface area contributed by atoms with Gasteiger partial charge in [-0.2, -0.15) is 5.10 Å². The molecule has 3 nitrogen and oxygen atoms in total. The lowest BCUT2D eigenvalue weighted by Crippen LogP contribution is -1.96. The van der Waals surface area contributed by atoms with Crippen molar-refractivity contribution < 1.29 is 0 Å². The molecule has 0 saturated carbocycles. The van der Waals surface area contributed by atoms with Crippen LogP contribution in [0.15, 0.2) is 18.3 Å². The molecular formula is C12H17N3S. The molecule has 0 aromatic carbocycles. The minimum absolute atomic E-state index is 0.618. The Morgan fingerprint density at radius 1 is 1.44 bits per heavy atom. The van der Waals surface area contributed by atoms with Crippen LogP contribution in [0, 0.1) is 6.92 Å². The van der Waals surface area contributed by atoms with Crippen molar-refractivity contribution in [3.05, 3.63) is 28.9 Å². The van der Waals surface area contributed by atoms with Gasteiger partial charge in [0.05, 0.1) is 5.69 Å². The summed E-state index contributed by atoms with van der Waals surface area (Å²) >= 11 is 1.75. The third-order valence-corrected chi connectivity index (χ3v) is 3.67. The van der Waals surface area contributed by atoms with Crippen molar-refractivity contribution >= 4 is 11.3 Å². The van der Waals surface area contributed by atoms with Gasteiger partial charge in [-0.3, -0.25) is 4.68 Å². The van der Waals surface area contributed by atoms with Gasteiger partial charge < -0.3 is 5.73 Å². The van der Waals surface area contributed by atoms with E-state index in [1.165, 1.54) is 15.3 Å². The molecule has 0 saturated heterocycles. The van der Waals surface area contributed by atoms with E-state index in [4.69, 9.17) is 5.73 Å². The van der Waals surface area contributed by atoms with E-state index in [-0.39, 0.29) is 0 Å². The molecule has 0 amide bonds. The Kier molecular flexibility index (Phi) is 3.41. The zero-order valence-corrected chi connectivity index (χ0v) is 10.5. The number of aromatic nitrogens is 2. The van der Waals surface area contributed by atoms with Gasteiger partial charge in [0.2, 0.25) is 0 Å². The largest absolute Gasteiger partial charge is 0.326 e. The lowest BCUT2D eigenvalue weighted by atomic mass is 10.2. The van der Waals surface area contributed by atoms with E-state index in [1.807, 2.05) is 4.68 Å². The molecule has 2 aromatic rings. The molecule has 0 fully saturated rings. The molecule has 16 heavy (non-hydrogen) atoms. The first-order valence-electron chi connectivity index (χ1n) is 5.57. The molecule has 0 aliphatic carbocycles. The van der Waals surface area contributed by atoms with Gasteiger partial charge in [-0.15, -0.1) is 11.3 Å². The third kappa shape index (κ3) is 2.18. The van der Waals surface area contributed by atoms with Crippen LogP contribution in [0.1, 0.15) is 23.9 Å². The van der Waals surface area contributed by atoms with E-state index < -0.39 is 0 Å². The zero-order chi connectivity index (χ0) is 11.5. The number of nitrogens with two attached hydrogens (primary N) is 1. The van der Waals surface area contributed by atoms with Crippen LogP contribution < -0.4 is 5.73 Å². The van der Waals surface area contributed by atoms with Gasteiger partial charge >= 0.3 is 0 Å². The maximum atomic E-state index is 5.62. The van der Waals surface area contributed by atoms with E-state index in [1.54, 1.807) is 11.3 Å². The van der Waals surface area contributed by atoms with Gasteiger partial charge in [0, 0.05) is 34.6 Å². The predicted octanol–water partition coefficient (Wildman–Crippen LogP) is 2.79. The highest BCUT2D eigenvalue weighted by Crippen LogP contribution is 2.29. The Bertz CT molecular complexity index is 470. The van der Waals surface area contributed by atoms with Crippen LogP contribution in [0.2, 0.25) is 0 Å². The highest BCUT2D eigenvalue weighted by molar-refractivity contribution is 7.15. The van der Waals surface area contributed by atoms with Crippen LogP contribution in [0.25, 0.3) is 10.4 Å². The summed E-state index contributed by atoms with van der Waals surface area (Å²) in [6.45, 7) is 5.82. The molecular weight excluding hydrogens is 218 g/mol. The molecule has 4 heteroatoms. The molecule has 0 aliphatic heterocycles. The summed E-state index contributed by atoms with van der Waals surface area (Å²) in [5.74, 6) is 0. The number of hydrogen-bond acceptors (Lipinski definition) is 3. The summed E-state index contributed by atoms with van der Waals surface area (Å²) in [4.78, 5) is 2.48. The SMILES string of the molecule is CCCn1cc(-c2ccc(CN)s2)c(C)n1. The first-order chi connectivity index (χ1) is 7.74. The summed E-state index contributed by atoms with van der Waals surface area (Å²) in [6, 6.07) is 4.23. The summed E-state index contributed by atoms with van der Waals surface area (Å²) in [6.07, 6.45) is 3.24. The predicted molar refractivity (Wildman–Crippen MR) is 68.5 cm³/mol. The average molecular weight is 235 g/mol. The lowest BCUT2D eigenvalue weighted by molar-refractivity contribution is 0.598. The quantitative estimate of drug-likeness (QED) is 0.885. The Balaban J connectivity index is 2.32. The van der Waals surface area contributed by atoms with Crippen LogP contribution >= 0.6 is 11.3 Å². The maximum Gasteiger partial charge on any atom is 0.0680 e. The monoisotopic (exact) mass is 235 g/mol. The van der Waals surface area contributed by atoms with Crippen LogP contribution in [-0.2, 0) is 13.1 Å². The molecule has 0 bridgehead atoms. The van der Waals surface area contributed by atoms with Gasteiger partial charge in [-0.1, -0.05) is 6.92 Å². The number of hydrogen-bond donors (Lipinski definition) is 1. The van der Waals surface area contributed by atoms with Crippen LogP contribution in [0.3, 0.4) is 0 Å². The highest BCUT2D eigenvalue weighted by atomic mass is 32.1. The lowest BCUT2D eigenvalue weighted by Gasteiger charge is -1.94. The van der Waals surface area contributed by atoms with E-state index in [9.17, 15) is 0 Å². The Labute approximate surface area is 99.9 Å². The van der Waals surface area contributed by atoms with Gasteiger partial charge in [0.25, 0.3) is 0 Å².